The summed E-state index contributed by atoms with van der Waals surface area (Å²) in [6.45, 7) is 3.04. The van der Waals surface area contributed by atoms with E-state index in [2.05, 4.69) is 15.3 Å². The Morgan fingerprint density at radius 3 is 2.89 bits per heavy atom. The van der Waals surface area contributed by atoms with Gasteiger partial charge in [0.25, 0.3) is 0 Å². The van der Waals surface area contributed by atoms with Gasteiger partial charge in [-0.2, -0.15) is 0 Å². The Kier molecular flexibility index (Phi) is 5.29. The number of hydrogen-bond acceptors (Lipinski definition) is 6. The van der Waals surface area contributed by atoms with Crippen LogP contribution in [-0.2, 0) is 4.79 Å². The predicted molar refractivity (Wildman–Crippen MR) is 107 cm³/mol. The molecule has 2 N–H and O–H groups in total. The van der Waals surface area contributed by atoms with Gasteiger partial charge in [0.05, 0.1) is 29.9 Å². The van der Waals surface area contributed by atoms with Crippen LogP contribution < -0.4 is 19.5 Å². The van der Waals surface area contributed by atoms with Crippen LogP contribution in [0.1, 0.15) is 18.5 Å². The van der Waals surface area contributed by atoms with E-state index in [0.29, 0.717) is 18.4 Å². The molecular formula is C20H21N3O4S. The fraction of sp³-hybridized carbons (Fsp3) is 0.300. The van der Waals surface area contributed by atoms with Crippen LogP contribution in [0.3, 0.4) is 0 Å². The largest absolute Gasteiger partial charge is 0.497 e. The zero-order valence-electron chi connectivity index (χ0n) is 15.7. The van der Waals surface area contributed by atoms with E-state index in [9.17, 15) is 4.79 Å². The van der Waals surface area contributed by atoms with Gasteiger partial charge in [0, 0.05) is 6.07 Å². The molecule has 2 aromatic carbocycles. The molecule has 0 spiro atoms. The minimum atomic E-state index is -0.135. The van der Waals surface area contributed by atoms with Gasteiger partial charge in [0.15, 0.2) is 16.7 Å². The molecule has 1 amide bonds. The third-order valence-electron chi connectivity index (χ3n) is 4.45. The number of imidazole rings is 1. The van der Waals surface area contributed by atoms with Crippen LogP contribution >= 0.6 is 11.8 Å². The van der Waals surface area contributed by atoms with Gasteiger partial charge in [-0.05, 0) is 36.8 Å². The normalized spacial score (nSPS) is 13.9. The molecule has 0 radical (unpaired) electrons. The quantitative estimate of drug-likeness (QED) is 0.619. The maximum Gasteiger partial charge on any atom is 0.230 e. The summed E-state index contributed by atoms with van der Waals surface area (Å²) in [5, 5.41) is 3.71. The number of nitrogens with zero attached hydrogens (tertiary/aromatic N) is 1. The van der Waals surface area contributed by atoms with Crippen molar-refractivity contribution in [1.29, 1.82) is 0 Å². The predicted octanol–water partition coefficient (Wildman–Crippen LogP) is 3.31. The maximum atomic E-state index is 12.4. The number of nitrogens with one attached hydrogen (secondary N) is 2. The smallest absolute Gasteiger partial charge is 0.230 e. The summed E-state index contributed by atoms with van der Waals surface area (Å²) in [7, 11) is 1.63. The van der Waals surface area contributed by atoms with Crippen LogP contribution in [-0.4, -0.2) is 42.0 Å². The lowest BCUT2D eigenvalue weighted by atomic mass is 10.1. The number of amides is 1. The summed E-state index contributed by atoms with van der Waals surface area (Å²) in [6.07, 6.45) is 0. The molecule has 0 fully saturated rings. The molecule has 8 heteroatoms. The van der Waals surface area contributed by atoms with Gasteiger partial charge in [-0.3, -0.25) is 4.79 Å². The first-order valence-electron chi connectivity index (χ1n) is 8.98. The highest BCUT2D eigenvalue weighted by molar-refractivity contribution is 7.99. The van der Waals surface area contributed by atoms with E-state index in [4.69, 9.17) is 14.2 Å². The first-order valence-corrected chi connectivity index (χ1v) is 9.96. The second-order valence-corrected chi connectivity index (χ2v) is 7.37. The van der Waals surface area contributed by atoms with Gasteiger partial charge in [0.1, 0.15) is 19.0 Å². The molecule has 0 unspecified atom stereocenters. The van der Waals surface area contributed by atoms with Gasteiger partial charge < -0.3 is 24.5 Å². The summed E-state index contributed by atoms with van der Waals surface area (Å²) >= 11 is 1.36. The molecule has 1 aliphatic rings. The number of aromatic amines is 1. The second-order valence-electron chi connectivity index (χ2n) is 6.41. The second kappa shape index (κ2) is 8.02. The van der Waals surface area contributed by atoms with Gasteiger partial charge in [-0.15, -0.1) is 0 Å². The third-order valence-corrected chi connectivity index (χ3v) is 5.32. The highest BCUT2D eigenvalue weighted by atomic mass is 32.2. The van der Waals surface area contributed by atoms with E-state index in [-0.39, 0.29) is 17.7 Å². The van der Waals surface area contributed by atoms with E-state index >= 15 is 0 Å². The number of benzene rings is 2. The number of methoxy groups -OCH3 is 1. The van der Waals surface area contributed by atoms with E-state index in [1.54, 1.807) is 7.11 Å². The van der Waals surface area contributed by atoms with Gasteiger partial charge in [-0.1, -0.05) is 17.8 Å². The molecule has 4 rings (SSSR count). The van der Waals surface area contributed by atoms with Crippen molar-refractivity contribution in [3.63, 3.8) is 0 Å². The summed E-state index contributed by atoms with van der Waals surface area (Å²) in [5.74, 6) is 2.43. The van der Waals surface area contributed by atoms with Crippen molar-refractivity contribution in [2.45, 2.75) is 18.1 Å². The Labute approximate surface area is 166 Å². The Hall–Kier alpha value is -2.87. The lowest BCUT2D eigenvalue weighted by Gasteiger charge is -2.21. The number of aromatic nitrogens is 2. The van der Waals surface area contributed by atoms with Crippen molar-refractivity contribution in [3.05, 3.63) is 42.0 Å². The number of rotatable bonds is 6. The topological polar surface area (TPSA) is 85.5 Å². The molecule has 0 aliphatic carbocycles. The number of carbonyl (C=O) groups is 1. The number of thioether (sulfide) groups is 1. The lowest BCUT2D eigenvalue weighted by molar-refractivity contribution is -0.119. The van der Waals surface area contributed by atoms with Crippen LogP contribution in [0.15, 0.2) is 41.6 Å². The highest BCUT2D eigenvalue weighted by Crippen LogP contribution is 2.32. The Morgan fingerprint density at radius 1 is 1.25 bits per heavy atom. The first-order chi connectivity index (χ1) is 13.6. The molecule has 146 valence electrons. The minimum absolute atomic E-state index is 0.0644. The van der Waals surface area contributed by atoms with E-state index in [0.717, 1.165) is 33.8 Å². The van der Waals surface area contributed by atoms with Crippen LogP contribution in [0.4, 0.5) is 0 Å². The monoisotopic (exact) mass is 399 g/mol. The van der Waals surface area contributed by atoms with Crippen LogP contribution in [0, 0.1) is 0 Å². The fourth-order valence-corrected chi connectivity index (χ4v) is 3.69. The van der Waals surface area contributed by atoms with E-state index in [1.165, 1.54) is 11.8 Å². The summed E-state index contributed by atoms with van der Waals surface area (Å²) in [6, 6.07) is 11.2. The molecule has 2 heterocycles. The third kappa shape index (κ3) is 4.01. The van der Waals surface area contributed by atoms with Crippen molar-refractivity contribution >= 4 is 28.7 Å². The Bertz CT molecular complexity index is 1000. The number of fused-ring (bicyclic) bond motifs is 2. The van der Waals surface area contributed by atoms with Crippen molar-refractivity contribution in [2.24, 2.45) is 0 Å². The van der Waals surface area contributed by atoms with E-state index in [1.807, 2.05) is 43.3 Å². The molecule has 3 aromatic rings. The number of ether oxygens (including phenoxy) is 3. The molecular weight excluding hydrogens is 378 g/mol. The molecule has 0 saturated carbocycles. The molecule has 1 aromatic heterocycles. The van der Waals surface area contributed by atoms with Gasteiger partial charge in [0.2, 0.25) is 5.91 Å². The average molecular weight is 399 g/mol. The molecule has 1 aliphatic heterocycles. The van der Waals surface area contributed by atoms with E-state index < -0.39 is 0 Å². The molecule has 7 nitrogen and oxygen atoms in total. The van der Waals surface area contributed by atoms with Gasteiger partial charge >= 0.3 is 0 Å². The highest BCUT2D eigenvalue weighted by Gasteiger charge is 2.16. The average Bonchev–Trinajstić information content (AvgIpc) is 3.14. The number of H-pyrrole nitrogens is 1. The van der Waals surface area contributed by atoms with Crippen LogP contribution in [0.2, 0.25) is 0 Å². The minimum Gasteiger partial charge on any atom is -0.497 e. The maximum absolute atomic E-state index is 12.4. The Morgan fingerprint density at radius 2 is 2.07 bits per heavy atom. The van der Waals surface area contributed by atoms with Crippen molar-refractivity contribution < 1.29 is 19.0 Å². The van der Waals surface area contributed by atoms with Crippen LogP contribution in [0.5, 0.6) is 17.2 Å². The zero-order valence-corrected chi connectivity index (χ0v) is 16.5. The van der Waals surface area contributed by atoms with Crippen LogP contribution in [0.25, 0.3) is 11.0 Å². The molecule has 1 atom stereocenters. The van der Waals surface area contributed by atoms with Crippen molar-refractivity contribution in [3.8, 4) is 17.2 Å². The standard InChI is InChI=1S/C20H21N3O4S/c1-12(13-3-6-17-18(9-13)27-8-7-26-17)21-19(24)11-28-20-22-15-5-4-14(25-2)10-16(15)23-20/h3-6,9-10,12H,7-8,11H2,1-2H3,(H,21,24)(H,22,23)/t12-/m1/s1. The molecule has 28 heavy (non-hydrogen) atoms. The first kappa shape index (κ1) is 18.5. The fourth-order valence-electron chi connectivity index (χ4n) is 2.99. The molecule has 0 bridgehead atoms. The summed E-state index contributed by atoms with van der Waals surface area (Å²) < 4.78 is 16.4. The summed E-state index contributed by atoms with van der Waals surface area (Å²) in [5.41, 5.74) is 2.69. The zero-order chi connectivity index (χ0) is 19.5. The van der Waals surface area contributed by atoms with Gasteiger partial charge in [-0.25, -0.2) is 4.98 Å². The molecule has 0 saturated heterocycles. The van der Waals surface area contributed by atoms with Crippen molar-refractivity contribution in [1.82, 2.24) is 15.3 Å². The summed E-state index contributed by atoms with van der Waals surface area (Å²) in [4.78, 5) is 20.0. The SMILES string of the molecule is COc1ccc2nc(SCC(=O)N[C@H](C)c3ccc4c(c3)OCCO4)[nH]c2c1. The number of hydrogen-bond donors (Lipinski definition) is 2. The lowest BCUT2D eigenvalue weighted by Crippen LogP contribution is -2.28. The number of carbonyl (C=O) groups excluding carboxylic acids is 1. The van der Waals surface area contributed by atoms with Crippen molar-refractivity contribution in [2.75, 3.05) is 26.1 Å². The Balaban J connectivity index is 1.35.